The Balaban J connectivity index is 0.00000338. The van der Waals surface area contributed by atoms with E-state index in [4.69, 9.17) is 0 Å². The van der Waals surface area contributed by atoms with E-state index in [9.17, 15) is 9.59 Å². The molecule has 0 spiro atoms. The molecular formula is C20H32ClN3O2. The van der Waals surface area contributed by atoms with Crippen LogP contribution in [0.15, 0.2) is 24.3 Å². The van der Waals surface area contributed by atoms with Crippen LogP contribution in [0.3, 0.4) is 0 Å². The van der Waals surface area contributed by atoms with E-state index in [0.29, 0.717) is 29.5 Å². The van der Waals surface area contributed by atoms with Crippen molar-refractivity contribution in [1.82, 2.24) is 10.6 Å². The lowest BCUT2D eigenvalue weighted by Gasteiger charge is -2.28. The van der Waals surface area contributed by atoms with E-state index in [2.05, 4.69) is 22.9 Å². The van der Waals surface area contributed by atoms with Crippen molar-refractivity contribution in [3.63, 3.8) is 0 Å². The van der Waals surface area contributed by atoms with Crippen molar-refractivity contribution in [2.24, 2.45) is 11.8 Å². The number of piperidine rings is 1. The summed E-state index contributed by atoms with van der Waals surface area (Å²) in [7, 11) is 0. The number of nitrogens with one attached hydrogen (secondary N) is 3. The number of anilines is 1. The van der Waals surface area contributed by atoms with Crippen LogP contribution in [-0.2, 0) is 4.79 Å². The summed E-state index contributed by atoms with van der Waals surface area (Å²) in [6, 6.07) is 7.16. The van der Waals surface area contributed by atoms with E-state index >= 15 is 0 Å². The van der Waals surface area contributed by atoms with Crippen molar-refractivity contribution in [3.8, 4) is 0 Å². The predicted octanol–water partition coefficient (Wildman–Crippen LogP) is 3.60. The molecule has 0 radical (unpaired) electrons. The van der Waals surface area contributed by atoms with Crippen molar-refractivity contribution in [2.75, 3.05) is 18.4 Å². The van der Waals surface area contributed by atoms with Gasteiger partial charge in [0.2, 0.25) is 5.91 Å². The molecular weight excluding hydrogens is 350 g/mol. The highest BCUT2D eigenvalue weighted by molar-refractivity contribution is 6.04. The van der Waals surface area contributed by atoms with Crippen LogP contribution in [0.4, 0.5) is 5.69 Å². The average molecular weight is 382 g/mol. The maximum Gasteiger partial charge on any atom is 0.253 e. The first kappa shape index (κ1) is 22.5. The largest absolute Gasteiger partial charge is 0.347 e. The van der Waals surface area contributed by atoms with Crippen LogP contribution in [-0.4, -0.2) is 30.4 Å². The van der Waals surface area contributed by atoms with Crippen molar-refractivity contribution in [1.29, 1.82) is 0 Å². The van der Waals surface area contributed by atoms with Crippen LogP contribution < -0.4 is 16.0 Å². The van der Waals surface area contributed by atoms with Gasteiger partial charge in [-0.3, -0.25) is 9.59 Å². The molecule has 2 unspecified atom stereocenters. The van der Waals surface area contributed by atoms with Crippen LogP contribution in [0.5, 0.6) is 0 Å². The summed E-state index contributed by atoms with van der Waals surface area (Å²) in [6.45, 7) is 10.0. The summed E-state index contributed by atoms with van der Waals surface area (Å²) in [5.74, 6) is 0.657. The molecule has 2 atom stereocenters. The number of hydrogen-bond donors (Lipinski definition) is 3. The molecule has 1 aliphatic rings. The Morgan fingerprint density at radius 3 is 2.58 bits per heavy atom. The Bertz CT molecular complexity index is 607. The fourth-order valence-corrected chi connectivity index (χ4v) is 3.22. The van der Waals surface area contributed by atoms with Crippen LogP contribution in [0.1, 0.15) is 57.3 Å². The molecule has 1 saturated heterocycles. The van der Waals surface area contributed by atoms with Gasteiger partial charge in [0.15, 0.2) is 0 Å². The maximum absolute atomic E-state index is 12.5. The van der Waals surface area contributed by atoms with Crippen LogP contribution >= 0.6 is 12.4 Å². The van der Waals surface area contributed by atoms with Gasteiger partial charge in [-0.15, -0.1) is 12.4 Å². The summed E-state index contributed by atoms with van der Waals surface area (Å²) in [6.07, 6.45) is 2.82. The second-order valence-corrected chi connectivity index (χ2v) is 8.09. The Morgan fingerprint density at radius 2 is 1.96 bits per heavy atom. The summed E-state index contributed by atoms with van der Waals surface area (Å²) in [4.78, 5) is 24.9. The van der Waals surface area contributed by atoms with E-state index in [1.54, 1.807) is 12.1 Å². The first-order valence-corrected chi connectivity index (χ1v) is 9.18. The molecule has 1 aromatic carbocycles. The first-order chi connectivity index (χ1) is 11.8. The van der Waals surface area contributed by atoms with Crippen LogP contribution in [0, 0.1) is 11.8 Å². The van der Waals surface area contributed by atoms with Gasteiger partial charge in [0, 0.05) is 12.0 Å². The fraction of sp³-hybridized carbons (Fsp3) is 0.600. The number of para-hydroxylation sites is 1. The molecule has 26 heavy (non-hydrogen) atoms. The second-order valence-electron chi connectivity index (χ2n) is 8.09. The van der Waals surface area contributed by atoms with Gasteiger partial charge in [0.25, 0.3) is 5.91 Å². The molecule has 6 heteroatoms. The third-order valence-electron chi connectivity index (χ3n) is 4.58. The monoisotopic (exact) mass is 381 g/mol. The number of benzene rings is 1. The second kappa shape index (κ2) is 9.93. The Hall–Kier alpha value is -1.59. The Kier molecular flexibility index (Phi) is 8.57. The van der Waals surface area contributed by atoms with E-state index in [1.807, 2.05) is 32.9 Å². The zero-order valence-corrected chi connectivity index (χ0v) is 17.0. The number of carbonyl (C=O) groups excluding carboxylic acids is 2. The Labute approximate surface area is 163 Å². The number of rotatable bonds is 5. The number of hydrogen-bond acceptors (Lipinski definition) is 3. The van der Waals surface area contributed by atoms with E-state index in [0.717, 1.165) is 13.1 Å². The molecule has 2 rings (SSSR count). The van der Waals surface area contributed by atoms with Gasteiger partial charge < -0.3 is 16.0 Å². The van der Waals surface area contributed by atoms with Crippen LogP contribution in [0.25, 0.3) is 0 Å². The average Bonchev–Trinajstić information content (AvgIpc) is 2.54. The highest BCUT2D eigenvalue weighted by Gasteiger charge is 2.23. The quantitative estimate of drug-likeness (QED) is 0.729. The minimum absolute atomic E-state index is 0. The minimum atomic E-state index is -0.323. The maximum atomic E-state index is 12.5. The molecule has 1 fully saturated rings. The molecule has 1 aliphatic heterocycles. The summed E-state index contributed by atoms with van der Waals surface area (Å²) in [5.41, 5.74) is 0.748. The topological polar surface area (TPSA) is 70.2 Å². The van der Waals surface area contributed by atoms with E-state index in [-0.39, 0.29) is 29.8 Å². The molecule has 0 aliphatic carbocycles. The summed E-state index contributed by atoms with van der Waals surface area (Å²) in [5, 5.41) is 9.27. The van der Waals surface area contributed by atoms with Crippen LogP contribution in [0.2, 0.25) is 0 Å². The molecule has 0 aromatic heterocycles. The lowest BCUT2D eigenvalue weighted by molar-refractivity contribution is -0.117. The van der Waals surface area contributed by atoms with Crippen molar-refractivity contribution < 1.29 is 9.59 Å². The summed E-state index contributed by atoms with van der Waals surface area (Å²) >= 11 is 0. The van der Waals surface area contributed by atoms with Gasteiger partial charge in [-0.25, -0.2) is 0 Å². The lowest BCUT2D eigenvalue weighted by Crippen LogP contribution is -2.41. The summed E-state index contributed by atoms with van der Waals surface area (Å²) < 4.78 is 0. The van der Waals surface area contributed by atoms with Crippen molar-refractivity contribution >= 4 is 29.9 Å². The van der Waals surface area contributed by atoms with Gasteiger partial charge in [-0.05, 0) is 70.7 Å². The zero-order valence-electron chi connectivity index (χ0n) is 16.2. The van der Waals surface area contributed by atoms with Crippen molar-refractivity contribution in [3.05, 3.63) is 29.8 Å². The molecule has 146 valence electrons. The molecule has 0 bridgehead atoms. The van der Waals surface area contributed by atoms with Gasteiger partial charge in [0.1, 0.15) is 0 Å². The van der Waals surface area contributed by atoms with E-state index < -0.39 is 0 Å². The lowest BCUT2D eigenvalue weighted by atomic mass is 9.85. The third kappa shape index (κ3) is 6.96. The highest BCUT2D eigenvalue weighted by Crippen LogP contribution is 2.24. The normalized spacial score (nSPS) is 18.4. The zero-order chi connectivity index (χ0) is 18.4. The molecule has 3 N–H and O–H groups in total. The smallest absolute Gasteiger partial charge is 0.253 e. The van der Waals surface area contributed by atoms with Gasteiger partial charge in [-0.1, -0.05) is 19.1 Å². The third-order valence-corrected chi connectivity index (χ3v) is 4.58. The number of halogens is 1. The fourth-order valence-electron chi connectivity index (χ4n) is 3.22. The molecule has 2 amide bonds. The molecule has 0 saturated carbocycles. The van der Waals surface area contributed by atoms with Crippen molar-refractivity contribution in [2.45, 2.75) is 52.5 Å². The molecule has 5 nitrogen and oxygen atoms in total. The van der Waals surface area contributed by atoms with Gasteiger partial charge >= 0.3 is 0 Å². The highest BCUT2D eigenvalue weighted by atomic mass is 35.5. The molecule has 1 heterocycles. The van der Waals surface area contributed by atoms with E-state index in [1.165, 1.54) is 12.8 Å². The minimum Gasteiger partial charge on any atom is -0.347 e. The number of carbonyl (C=O) groups is 2. The van der Waals surface area contributed by atoms with Gasteiger partial charge in [-0.2, -0.15) is 0 Å². The predicted molar refractivity (Wildman–Crippen MR) is 109 cm³/mol. The first-order valence-electron chi connectivity index (χ1n) is 9.18. The SMILES string of the molecule is CC(CC(=O)Nc1ccccc1C(=O)NC(C)(C)C)C1CCCNC1.Cl. The Morgan fingerprint density at radius 1 is 1.27 bits per heavy atom. The standard InChI is InChI=1S/C20H31N3O2.ClH/c1-14(15-8-7-11-21-13-15)12-18(24)22-17-10-6-5-9-16(17)19(25)23-20(2,3)4;/h5-6,9-10,14-15,21H,7-8,11-13H2,1-4H3,(H,22,24)(H,23,25);1H. The van der Waals surface area contributed by atoms with Gasteiger partial charge in [0.05, 0.1) is 11.3 Å². The number of amides is 2. The molecule has 1 aromatic rings.